The summed E-state index contributed by atoms with van der Waals surface area (Å²) in [7, 11) is 0.432. The van der Waals surface area contributed by atoms with Gasteiger partial charge in [0.2, 0.25) is 0 Å². The van der Waals surface area contributed by atoms with Gasteiger partial charge in [-0.2, -0.15) is 0 Å². The Morgan fingerprint density at radius 3 is 2.47 bits per heavy atom. The predicted octanol–water partition coefficient (Wildman–Crippen LogP) is 3.17. The molecule has 0 heterocycles. The molecule has 0 spiro atoms. The van der Waals surface area contributed by atoms with Crippen molar-refractivity contribution in [2.24, 2.45) is 5.92 Å². The van der Waals surface area contributed by atoms with Gasteiger partial charge in [-0.25, -0.2) is 4.21 Å². The first kappa shape index (κ1) is 14.7. The Morgan fingerprint density at radius 2 is 1.94 bits per heavy atom. The van der Waals surface area contributed by atoms with Gasteiger partial charge < -0.3 is 4.90 Å². The summed E-state index contributed by atoms with van der Waals surface area (Å²) in [5.74, 6) is 0.617. The molecule has 1 amide bonds. The van der Waals surface area contributed by atoms with Crippen LogP contribution in [0.5, 0.6) is 0 Å². The fourth-order valence-electron chi connectivity index (χ4n) is 2.31. The predicted molar refractivity (Wildman–Crippen MR) is 72.5 cm³/mol. The minimum absolute atomic E-state index is 0.0312. The average molecular weight is 259 g/mol. The molecule has 3 nitrogen and oxygen atoms in total. The number of hydrogen-bond donors (Lipinski definition) is 0. The van der Waals surface area contributed by atoms with E-state index >= 15 is 0 Å². The summed E-state index contributed by atoms with van der Waals surface area (Å²) in [6, 6.07) is 0. The molecule has 1 saturated carbocycles. The van der Waals surface area contributed by atoms with Crippen LogP contribution in [0.15, 0.2) is 0 Å². The third-order valence-corrected chi connectivity index (χ3v) is 5.40. The maximum absolute atomic E-state index is 11.9. The second-order valence-corrected chi connectivity index (χ2v) is 6.92. The van der Waals surface area contributed by atoms with Crippen molar-refractivity contribution in [3.63, 3.8) is 0 Å². The summed E-state index contributed by atoms with van der Waals surface area (Å²) in [5.41, 5.74) is 0. The van der Waals surface area contributed by atoms with Gasteiger partial charge in [0, 0.05) is 18.8 Å². The van der Waals surface area contributed by atoms with Crippen LogP contribution in [0.1, 0.15) is 52.4 Å². The van der Waals surface area contributed by atoms with Crippen molar-refractivity contribution in [1.82, 2.24) is 4.90 Å². The van der Waals surface area contributed by atoms with Crippen molar-refractivity contribution in [2.75, 3.05) is 13.6 Å². The molecule has 1 rings (SSSR count). The van der Waals surface area contributed by atoms with E-state index in [4.69, 9.17) is 0 Å². The molecular weight excluding hydrogens is 234 g/mol. The number of nitrogens with zero attached hydrogens (tertiary/aromatic N) is 1. The summed E-state index contributed by atoms with van der Waals surface area (Å²) < 4.78 is 11.9. The summed E-state index contributed by atoms with van der Waals surface area (Å²) >= 11 is 0. The molecule has 0 bridgehead atoms. The Balaban J connectivity index is 2.43. The zero-order valence-electron chi connectivity index (χ0n) is 11.3. The molecule has 17 heavy (non-hydrogen) atoms. The van der Waals surface area contributed by atoms with Gasteiger partial charge >= 0.3 is 5.24 Å². The number of carbonyl (C=O) groups is 1. The van der Waals surface area contributed by atoms with E-state index in [9.17, 15) is 9.00 Å². The van der Waals surface area contributed by atoms with E-state index in [0.29, 0.717) is 5.92 Å². The molecule has 0 N–H and O–H groups in total. The minimum Gasteiger partial charge on any atom is -0.334 e. The number of carbonyl (C=O) groups excluding carboxylic acids is 1. The van der Waals surface area contributed by atoms with Gasteiger partial charge in [-0.15, -0.1) is 0 Å². The molecule has 0 aromatic rings. The number of amides is 1. The first-order valence-electron chi connectivity index (χ1n) is 6.72. The molecule has 0 radical (unpaired) electrons. The molecule has 4 heteroatoms. The van der Waals surface area contributed by atoms with Crippen molar-refractivity contribution >= 4 is 16.0 Å². The molecule has 0 saturated heterocycles. The van der Waals surface area contributed by atoms with Gasteiger partial charge in [0.25, 0.3) is 0 Å². The Labute approximate surface area is 107 Å². The number of hydrogen-bond acceptors (Lipinski definition) is 2. The maximum Gasteiger partial charge on any atom is 0.311 e. The first-order valence-corrected chi connectivity index (χ1v) is 7.93. The molecule has 1 aliphatic carbocycles. The van der Waals surface area contributed by atoms with E-state index in [1.807, 2.05) is 13.8 Å². The van der Waals surface area contributed by atoms with Gasteiger partial charge in [-0.1, -0.05) is 33.1 Å². The lowest BCUT2D eigenvalue weighted by atomic mass is 9.89. The maximum atomic E-state index is 11.9. The molecule has 0 aromatic carbocycles. The lowest BCUT2D eigenvalue weighted by Gasteiger charge is -2.27. The SMILES string of the molecule is CCC(C)S(=O)C(=O)N(C)CC1CCCCC1. The van der Waals surface area contributed by atoms with Crippen LogP contribution in [0.4, 0.5) is 4.79 Å². The van der Waals surface area contributed by atoms with Crippen molar-refractivity contribution in [1.29, 1.82) is 0 Å². The van der Waals surface area contributed by atoms with E-state index in [2.05, 4.69) is 0 Å². The average Bonchev–Trinajstić information content (AvgIpc) is 2.37. The van der Waals surface area contributed by atoms with Crippen LogP contribution in [0, 0.1) is 5.92 Å². The second-order valence-electron chi connectivity index (χ2n) is 5.17. The van der Waals surface area contributed by atoms with Gasteiger partial charge in [0.1, 0.15) is 10.8 Å². The van der Waals surface area contributed by atoms with Crippen LogP contribution in [0.25, 0.3) is 0 Å². The summed E-state index contributed by atoms with van der Waals surface area (Å²) in [6.45, 7) is 4.63. The summed E-state index contributed by atoms with van der Waals surface area (Å²) in [6.07, 6.45) is 7.10. The minimum atomic E-state index is -1.36. The second kappa shape index (κ2) is 7.14. The van der Waals surface area contributed by atoms with E-state index in [1.54, 1.807) is 11.9 Å². The first-order chi connectivity index (χ1) is 8.06. The highest BCUT2D eigenvalue weighted by atomic mass is 32.2. The summed E-state index contributed by atoms with van der Waals surface area (Å²) in [4.78, 5) is 13.6. The standard InChI is InChI=1S/C13H25NO2S/c1-4-11(2)17(16)13(15)14(3)10-12-8-6-5-7-9-12/h11-12H,4-10H2,1-3H3. The topological polar surface area (TPSA) is 37.4 Å². The largest absolute Gasteiger partial charge is 0.334 e. The third-order valence-electron chi connectivity index (χ3n) is 3.68. The van der Waals surface area contributed by atoms with Gasteiger partial charge in [-0.05, 0) is 25.2 Å². The monoisotopic (exact) mass is 259 g/mol. The normalized spacial score (nSPS) is 20.9. The molecule has 100 valence electrons. The fraction of sp³-hybridized carbons (Fsp3) is 0.923. The van der Waals surface area contributed by atoms with Crippen molar-refractivity contribution in [3.8, 4) is 0 Å². The Bertz CT molecular complexity index is 275. The van der Waals surface area contributed by atoms with Crippen LogP contribution in [-0.2, 0) is 10.8 Å². The van der Waals surface area contributed by atoms with E-state index in [-0.39, 0.29) is 10.5 Å². The van der Waals surface area contributed by atoms with Gasteiger partial charge in [0.15, 0.2) is 0 Å². The molecule has 2 atom stereocenters. The Hall–Kier alpha value is -0.380. The smallest absolute Gasteiger partial charge is 0.311 e. The van der Waals surface area contributed by atoms with E-state index < -0.39 is 10.8 Å². The number of rotatable bonds is 4. The van der Waals surface area contributed by atoms with Crippen LogP contribution in [-0.4, -0.2) is 33.2 Å². The van der Waals surface area contributed by atoms with Crippen molar-refractivity contribution in [2.45, 2.75) is 57.6 Å². The van der Waals surface area contributed by atoms with Crippen LogP contribution in [0.3, 0.4) is 0 Å². The van der Waals surface area contributed by atoms with Crippen LogP contribution >= 0.6 is 0 Å². The molecule has 1 aliphatic rings. The molecule has 2 unspecified atom stereocenters. The third kappa shape index (κ3) is 4.41. The Morgan fingerprint density at radius 1 is 1.35 bits per heavy atom. The highest BCUT2D eigenvalue weighted by Gasteiger charge is 2.24. The van der Waals surface area contributed by atoms with Gasteiger partial charge in [-0.3, -0.25) is 4.79 Å². The van der Waals surface area contributed by atoms with Crippen molar-refractivity contribution in [3.05, 3.63) is 0 Å². The molecule has 1 fully saturated rings. The zero-order valence-corrected chi connectivity index (χ0v) is 12.1. The van der Waals surface area contributed by atoms with Gasteiger partial charge in [0.05, 0.1) is 0 Å². The lowest BCUT2D eigenvalue weighted by molar-refractivity contribution is 0.214. The lowest BCUT2D eigenvalue weighted by Crippen LogP contribution is -2.36. The van der Waals surface area contributed by atoms with Crippen LogP contribution < -0.4 is 0 Å². The molecule has 0 aliphatic heterocycles. The van der Waals surface area contributed by atoms with Crippen molar-refractivity contribution < 1.29 is 9.00 Å². The zero-order chi connectivity index (χ0) is 12.8. The summed E-state index contributed by atoms with van der Waals surface area (Å²) in [5, 5.41) is -0.221. The molecular formula is C13H25NO2S. The van der Waals surface area contributed by atoms with E-state index in [1.165, 1.54) is 32.1 Å². The Kier molecular flexibility index (Phi) is 6.17. The molecule has 0 aromatic heterocycles. The highest BCUT2D eigenvalue weighted by molar-refractivity contribution is 8.00. The quantitative estimate of drug-likeness (QED) is 0.777. The van der Waals surface area contributed by atoms with E-state index in [0.717, 1.165) is 13.0 Å². The fourth-order valence-corrected chi connectivity index (χ4v) is 3.34. The highest BCUT2D eigenvalue weighted by Crippen LogP contribution is 2.24. The van der Waals surface area contributed by atoms with Crippen LogP contribution in [0.2, 0.25) is 0 Å².